The van der Waals surface area contributed by atoms with Gasteiger partial charge in [-0.15, -0.1) is 0 Å². The van der Waals surface area contributed by atoms with E-state index in [4.69, 9.17) is 0 Å². The van der Waals surface area contributed by atoms with Crippen molar-refractivity contribution in [1.82, 2.24) is 10.2 Å². The van der Waals surface area contributed by atoms with Crippen LogP contribution in [-0.2, 0) is 4.79 Å². The molecule has 0 aromatic rings. The van der Waals surface area contributed by atoms with Gasteiger partial charge in [0.05, 0.1) is 11.7 Å². The number of nitrogens with one attached hydrogen (secondary N) is 1. The van der Waals surface area contributed by atoms with Gasteiger partial charge >= 0.3 is 0 Å². The number of hydrogen-bond acceptors (Lipinski definition) is 3. The van der Waals surface area contributed by atoms with Gasteiger partial charge in [-0.05, 0) is 38.2 Å². The highest BCUT2D eigenvalue weighted by Crippen LogP contribution is 2.25. The molecular weight excluding hydrogens is 232 g/mol. The fourth-order valence-electron chi connectivity index (χ4n) is 2.36. The Labute approximate surface area is 110 Å². The third-order valence-corrected chi connectivity index (χ3v) is 4.31. The molecule has 1 heterocycles. The van der Waals surface area contributed by atoms with Crippen molar-refractivity contribution in [1.29, 1.82) is 0 Å². The molecule has 3 nitrogen and oxygen atoms in total. The van der Waals surface area contributed by atoms with Crippen molar-refractivity contribution < 1.29 is 4.79 Å². The van der Waals surface area contributed by atoms with Crippen LogP contribution in [0, 0.1) is 0 Å². The Bertz CT molecular complexity index is 260. The van der Waals surface area contributed by atoms with E-state index in [2.05, 4.69) is 30.3 Å². The van der Waals surface area contributed by atoms with E-state index in [0.29, 0.717) is 5.91 Å². The predicted octanol–water partition coefficient (Wildman–Crippen LogP) is 2.47. The topological polar surface area (TPSA) is 32.3 Å². The van der Waals surface area contributed by atoms with Crippen molar-refractivity contribution in [3.8, 4) is 0 Å². The van der Waals surface area contributed by atoms with Crippen LogP contribution in [-0.4, -0.2) is 41.1 Å². The highest BCUT2D eigenvalue weighted by molar-refractivity contribution is 7.98. The second-order valence-electron chi connectivity index (χ2n) is 4.98. The van der Waals surface area contributed by atoms with Gasteiger partial charge in [-0.25, -0.2) is 0 Å². The summed E-state index contributed by atoms with van der Waals surface area (Å²) >= 11 is 1.85. The molecule has 4 heteroatoms. The fraction of sp³-hybridized carbons (Fsp3) is 0.923. The third kappa shape index (κ3) is 3.38. The Morgan fingerprint density at radius 3 is 2.71 bits per heavy atom. The van der Waals surface area contributed by atoms with Gasteiger partial charge in [-0.2, -0.15) is 11.8 Å². The molecule has 1 amide bonds. The van der Waals surface area contributed by atoms with Crippen LogP contribution < -0.4 is 5.32 Å². The minimum Gasteiger partial charge on any atom is -0.326 e. The highest BCUT2D eigenvalue weighted by Gasteiger charge is 2.45. The molecule has 1 rings (SSSR count). The summed E-state index contributed by atoms with van der Waals surface area (Å²) in [5.74, 6) is 1.42. The number of thioether (sulfide) groups is 1. The van der Waals surface area contributed by atoms with Gasteiger partial charge in [-0.1, -0.05) is 20.3 Å². The summed E-state index contributed by atoms with van der Waals surface area (Å²) < 4.78 is 0. The van der Waals surface area contributed by atoms with Gasteiger partial charge in [0.25, 0.3) is 0 Å². The number of nitrogens with zero attached hydrogens (tertiary/aromatic N) is 1. The molecule has 17 heavy (non-hydrogen) atoms. The van der Waals surface area contributed by atoms with E-state index >= 15 is 0 Å². The fourth-order valence-corrected chi connectivity index (χ4v) is 2.77. The Kier molecular flexibility index (Phi) is 5.80. The van der Waals surface area contributed by atoms with E-state index in [1.165, 1.54) is 0 Å². The molecule has 0 aliphatic carbocycles. The first-order valence-electron chi connectivity index (χ1n) is 6.66. The van der Waals surface area contributed by atoms with Crippen LogP contribution in [0.25, 0.3) is 0 Å². The van der Waals surface area contributed by atoms with Crippen LogP contribution in [0.2, 0.25) is 0 Å². The van der Waals surface area contributed by atoms with E-state index < -0.39 is 0 Å². The molecule has 0 aromatic carbocycles. The molecule has 1 saturated heterocycles. The molecule has 0 spiro atoms. The number of rotatable bonds is 7. The zero-order valence-corrected chi connectivity index (χ0v) is 12.4. The zero-order chi connectivity index (χ0) is 12.9. The minimum absolute atomic E-state index is 0.249. The number of carbonyl (C=O) groups excluding carboxylic acids is 1. The summed E-state index contributed by atoms with van der Waals surface area (Å²) in [6.07, 6.45) is 6.49. The first kappa shape index (κ1) is 14.8. The maximum Gasteiger partial charge on any atom is 0.243 e. The van der Waals surface area contributed by atoms with E-state index in [1.807, 2.05) is 18.7 Å². The van der Waals surface area contributed by atoms with Gasteiger partial charge in [0.2, 0.25) is 5.91 Å². The van der Waals surface area contributed by atoms with E-state index in [1.54, 1.807) is 0 Å². The van der Waals surface area contributed by atoms with Crippen LogP contribution in [0.4, 0.5) is 0 Å². The zero-order valence-electron chi connectivity index (χ0n) is 11.6. The van der Waals surface area contributed by atoms with Crippen LogP contribution in [0.5, 0.6) is 0 Å². The highest BCUT2D eigenvalue weighted by atomic mass is 32.2. The standard InChI is InChI=1S/C13H26N2OS/c1-5-8-11-14-13(3,6-2)12(16)15(11)9-7-10-17-4/h11,14H,5-10H2,1-4H3. The SMILES string of the molecule is CCCC1NC(C)(CC)C(=O)N1CCCSC. The molecule has 1 aliphatic heterocycles. The maximum atomic E-state index is 12.4. The monoisotopic (exact) mass is 258 g/mol. The van der Waals surface area contributed by atoms with Gasteiger partial charge in [0, 0.05) is 6.54 Å². The second kappa shape index (κ2) is 6.64. The van der Waals surface area contributed by atoms with Gasteiger partial charge in [0.15, 0.2) is 0 Å². The van der Waals surface area contributed by atoms with Crippen LogP contribution in [0.15, 0.2) is 0 Å². The van der Waals surface area contributed by atoms with Crippen molar-refractivity contribution >= 4 is 17.7 Å². The van der Waals surface area contributed by atoms with Crippen molar-refractivity contribution in [2.45, 2.75) is 58.2 Å². The summed E-state index contributed by atoms with van der Waals surface area (Å²) in [5.41, 5.74) is -0.334. The quantitative estimate of drug-likeness (QED) is 0.712. The average molecular weight is 258 g/mol. The van der Waals surface area contributed by atoms with Crippen LogP contribution >= 0.6 is 11.8 Å². The summed E-state index contributed by atoms with van der Waals surface area (Å²) in [6, 6.07) is 0. The number of carbonyl (C=O) groups is 1. The molecule has 2 unspecified atom stereocenters. The molecule has 0 bridgehead atoms. The van der Waals surface area contributed by atoms with Crippen LogP contribution in [0.3, 0.4) is 0 Å². The third-order valence-electron chi connectivity index (χ3n) is 3.61. The molecule has 0 aromatic heterocycles. The summed E-state index contributed by atoms with van der Waals surface area (Å²) in [6.45, 7) is 7.19. The molecule has 100 valence electrons. The Hall–Kier alpha value is -0.220. The second-order valence-corrected chi connectivity index (χ2v) is 5.96. The molecule has 1 N–H and O–H groups in total. The lowest BCUT2D eigenvalue weighted by Crippen LogP contribution is -2.43. The summed E-state index contributed by atoms with van der Waals surface area (Å²) in [7, 11) is 0. The molecule has 0 saturated carbocycles. The first-order chi connectivity index (χ1) is 8.09. The predicted molar refractivity (Wildman–Crippen MR) is 75.2 cm³/mol. The average Bonchev–Trinajstić information content (AvgIpc) is 2.55. The van der Waals surface area contributed by atoms with Crippen molar-refractivity contribution in [3.63, 3.8) is 0 Å². The largest absolute Gasteiger partial charge is 0.326 e. The van der Waals surface area contributed by atoms with Gasteiger partial charge in [-0.3, -0.25) is 10.1 Å². The summed E-state index contributed by atoms with van der Waals surface area (Å²) in [4.78, 5) is 14.5. The van der Waals surface area contributed by atoms with Gasteiger partial charge < -0.3 is 4.90 Å². The minimum atomic E-state index is -0.334. The van der Waals surface area contributed by atoms with E-state index in [-0.39, 0.29) is 11.7 Å². The normalized spacial score (nSPS) is 29.1. The molecule has 2 atom stereocenters. The molecule has 1 aliphatic rings. The lowest BCUT2D eigenvalue weighted by molar-refractivity contribution is -0.133. The summed E-state index contributed by atoms with van der Waals surface area (Å²) in [5, 5.41) is 3.51. The van der Waals surface area contributed by atoms with Crippen molar-refractivity contribution in [2.75, 3.05) is 18.6 Å². The lowest BCUT2D eigenvalue weighted by Gasteiger charge is -2.23. The van der Waals surface area contributed by atoms with Crippen LogP contribution in [0.1, 0.15) is 46.5 Å². The molecule has 0 radical (unpaired) electrons. The lowest BCUT2D eigenvalue weighted by atomic mass is 9.99. The van der Waals surface area contributed by atoms with E-state index in [0.717, 1.165) is 38.0 Å². The Morgan fingerprint density at radius 1 is 1.47 bits per heavy atom. The Morgan fingerprint density at radius 2 is 2.18 bits per heavy atom. The maximum absolute atomic E-state index is 12.4. The smallest absolute Gasteiger partial charge is 0.243 e. The molecule has 1 fully saturated rings. The van der Waals surface area contributed by atoms with Gasteiger partial charge in [0.1, 0.15) is 0 Å². The number of hydrogen-bond donors (Lipinski definition) is 1. The van der Waals surface area contributed by atoms with E-state index in [9.17, 15) is 4.79 Å². The first-order valence-corrected chi connectivity index (χ1v) is 8.06. The number of amides is 1. The van der Waals surface area contributed by atoms with Crippen molar-refractivity contribution in [2.24, 2.45) is 0 Å². The molecular formula is C13H26N2OS. The Balaban J connectivity index is 2.65. The van der Waals surface area contributed by atoms with Crippen molar-refractivity contribution in [3.05, 3.63) is 0 Å².